The van der Waals surface area contributed by atoms with Gasteiger partial charge in [-0.15, -0.1) is 11.3 Å². The van der Waals surface area contributed by atoms with Crippen molar-refractivity contribution < 1.29 is 0 Å². The van der Waals surface area contributed by atoms with Gasteiger partial charge < -0.3 is 0 Å². The van der Waals surface area contributed by atoms with Crippen LogP contribution in [0.5, 0.6) is 0 Å². The Morgan fingerprint density at radius 3 is 2.27 bits per heavy atom. The van der Waals surface area contributed by atoms with Gasteiger partial charge in [-0.05, 0) is 52.9 Å². The van der Waals surface area contributed by atoms with E-state index in [2.05, 4.69) is 92.9 Å². The maximum absolute atomic E-state index is 5.05. The molecule has 30 heavy (non-hydrogen) atoms. The summed E-state index contributed by atoms with van der Waals surface area (Å²) in [6.07, 6.45) is 0. The highest BCUT2D eigenvalue weighted by Crippen LogP contribution is 2.37. The summed E-state index contributed by atoms with van der Waals surface area (Å²) in [5, 5.41) is 6.86. The first-order valence-corrected chi connectivity index (χ1v) is 11.1. The number of para-hydroxylation sites is 1. The molecule has 0 atom stereocenters. The lowest BCUT2D eigenvalue weighted by Gasteiger charge is -2.23. The van der Waals surface area contributed by atoms with Gasteiger partial charge in [-0.1, -0.05) is 63.2 Å². The van der Waals surface area contributed by atoms with Crippen molar-refractivity contribution in [3.05, 3.63) is 83.4 Å². The summed E-state index contributed by atoms with van der Waals surface area (Å²) in [6, 6.07) is 23.8. The van der Waals surface area contributed by atoms with E-state index in [1.54, 1.807) is 11.3 Å². The van der Waals surface area contributed by atoms with Gasteiger partial charge >= 0.3 is 0 Å². The maximum Gasteiger partial charge on any atom is 0.124 e. The minimum atomic E-state index is 0.0434. The Morgan fingerprint density at radius 1 is 0.800 bits per heavy atom. The predicted octanol–water partition coefficient (Wildman–Crippen LogP) is 7.78. The number of aryl methyl sites for hydroxylation is 1. The van der Waals surface area contributed by atoms with Crippen molar-refractivity contribution in [1.29, 1.82) is 0 Å². The number of rotatable bonds is 2. The molecule has 0 aliphatic rings. The van der Waals surface area contributed by atoms with Crippen LogP contribution in [0, 0.1) is 6.92 Å². The number of hydrogen-bond donors (Lipinski definition) is 0. The van der Waals surface area contributed by atoms with Crippen LogP contribution < -0.4 is 0 Å². The molecule has 5 rings (SSSR count). The lowest BCUT2D eigenvalue weighted by molar-refractivity contribution is 0.596. The fourth-order valence-electron chi connectivity index (χ4n) is 4.06. The topological polar surface area (TPSA) is 25.8 Å². The number of benzene rings is 3. The van der Waals surface area contributed by atoms with E-state index in [4.69, 9.17) is 9.97 Å². The first-order chi connectivity index (χ1) is 14.4. The minimum Gasteiger partial charge on any atom is -0.248 e. The zero-order valence-corrected chi connectivity index (χ0v) is 18.5. The Bertz CT molecular complexity index is 1390. The van der Waals surface area contributed by atoms with Gasteiger partial charge in [0.2, 0.25) is 0 Å². The molecule has 0 N–H and O–H groups in total. The fourth-order valence-corrected chi connectivity index (χ4v) is 4.88. The van der Waals surface area contributed by atoms with E-state index in [1.165, 1.54) is 16.3 Å². The molecule has 2 nitrogen and oxygen atoms in total. The van der Waals surface area contributed by atoms with Crippen molar-refractivity contribution in [1.82, 2.24) is 9.97 Å². The number of pyridine rings is 1. The molecule has 0 bridgehead atoms. The smallest absolute Gasteiger partial charge is 0.124 e. The molecule has 0 unspecified atom stereocenters. The van der Waals surface area contributed by atoms with E-state index < -0.39 is 0 Å². The van der Waals surface area contributed by atoms with Crippen LogP contribution in [0.25, 0.3) is 43.5 Å². The summed E-state index contributed by atoms with van der Waals surface area (Å²) in [7, 11) is 0. The van der Waals surface area contributed by atoms with Crippen LogP contribution >= 0.6 is 11.3 Å². The molecular weight excluding hydrogens is 384 g/mol. The molecule has 5 aromatic rings. The van der Waals surface area contributed by atoms with E-state index >= 15 is 0 Å². The second-order valence-corrected chi connectivity index (χ2v) is 9.72. The summed E-state index contributed by atoms with van der Waals surface area (Å²) < 4.78 is 0. The van der Waals surface area contributed by atoms with Crippen LogP contribution in [0.2, 0.25) is 0 Å². The normalized spacial score (nSPS) is 12.0. The zero-order chi connectivity index (χ0) is 20.9. The van der Waals surface area contributed by atoms with E-state index in [9.17, 15) is 0 Å². The summed E-state index contributed by atoms with van der Waals surface area (Å²) >= 11 is 1.69. The van der Waals surface area contributed by atoms with Crippen molar-refractivity contribution >= 4 is 33.0 Å². The molecule has 148 valence electrons. The summed E-state index contributed by atoms with van der Waals surface area (Å²) in [5.74, 6) is 0. The molecule has 0 amide bonds. The zero-order valence-electron chi connectivity index (χ0n) is 17.7. The molecule has 0 fully saturated rings. The standard InChI is InChI=1S/C27H24N2S/c1-17-16-30-26(28-17)22-15-25(29-24-12-8-7-11-21(22)24)19-13-18-9-5-6-10-20(18)23(14-19)27(2,3)4/h5-16H,1-4H3. The van der Waals surface area contributed by atoms with Gasteiger partial charge in [0.05, 0.1) is 11.2 Å². The van der Waals surface area contributed by atoms with E-state index in [1.807, 2.05) is 6.92 Å². The van der Waals surface area contributed by atoms with Gasteiger partial charge in [0.1, 0.15) is 5.01 Å². The van der Waals surface area contributed by atoms with Crippen LogP contribution in [0.1, 0.15) is 32.0 Å². The summed E-state index contributed by atoms with van der Waals surface area (Å²) in [5.41, 5.74) is 6.74. The van der Waals surface area contributed by atoms with Crippen LogP contribution in [-0.2, 0) is 5.41 Å². The quantitative estimate of drug-likeness (QED) is 0.298. The molecular formula is C27H24N2S. The molecule has 0 spiro atoms. The Morgan fingerprint density at radius 2 is 1.53 bits per heavy atom. The van der Waals surface area contributed by atoms with Crippen molar-refractivity contribution in [3.63, 3.8) is 0 Å². The lowest BCUT2D eigenvalue weighted by atomic mass is 9.82. The predicted molar refractivity (Wildman–Crippen MR) is 129 cm³/mol. The molecule has 0 aliphatic heterocycles. The SMILES string of the molecule is Cc1csc(-c2cc(-c3cc(C(C)(C)C)c4ccccc4c3)nc3ccccc23)n1. The monoisotopic (exact) mass is 408 g/mol. The first-order valence-electron chi connectivity index (χ1n) is 10.3. The minimum absolute atomic E-state index is 0.0434. The highest BCUT2D eigenvalue weighted by atomic mass is 32.1. The third kappa shape index (κ3) is 3.29. The summed E-state index contributed by atoms with van der Waals surface area (Å²) in [6.45, 7) is 8.87. The van der Waals surface area contributed by atoms with E-state index in [0.717, 1.165) is 38.4 Å². The number of nitrogens with zero attached hydrogens (tertiary/aromatic N) is 2. The Hall–Kier alpha value is -3.04. The lowest BCUT2D eigenvalue weighted by Crippen LogP contribution is -2.12. The van der Waals surface area contributed by atoms with Crippen molar-refractivity contribution in [3.8, 4) is 21.8 Å². The van der Waals surface area contributed by atoms with E-state index in [0.29, 0.717) is 0 Å². The molecule has 2 heterocycles. The van der Waals surface area contributed by atoms with Gasteiger partial charge in [0.15, 0.2) is 0 Å². The molecule has 3 aromatic carbocycles. The fraction of sp³-hybridized carbons (Fsp3) is 0.185. The number of thiazole rings is 1. The highest BCUT2D eigenvalue weighted by molar-refractivity contribution is 7.13. The maximum atomic E-state index is 5.05. The Balaban J connectivity index is 1.81. The number of aromatic nitrogens is 2. The van der Waals surface area contributed by atoms with E-state index in [-0.39, 0.29) is 5.41 Å². The van der Waals surface area contributed by atoms with Crippen molar-refractivity contribution in [2.24, 2.45) is 0 Å². The van der Waals surface area contributed by atoms with Crippen LogP contribution in [0.15, 0.2) is 72.1 Å². The number of fused-ring (bicyclic) bond motifs is 2. The van der Waals surface area contributed by atoms with Gasteiger partial charge in [0.25, 0.3) is 0 Å². The largest absolute Gasteiger partial charge is 0.248 e. The van der Waals surface area contributed by atoms with Crippen LogP contribution in [-0.4, -0.2) is 9.97 Å². The molecule has 0 saturated heterocycles. The Labute approximate surface area is 181 Å². The van der Waals surface area contributed by atoms with Crippen LogP contribution in [0.3, 0.4) is 0 Å². The molecule has 0 aliphatic carbocycles. The number of hydrogen-bond acceptors (Lipinski definition) is 3. The highest BCUT2D eigenvalue weighted by Gasteiger charge is 2.19. The van der Waals surface area contributed by atoms with Crippen molar-refractivity contribution in [2.75, 3.05) is 0 Å². The van der Waals surface area contributed by atoms with Crippen LogP contribution in [0.4, 0.5) is 0 Å². The Kier molecular flexibility index (Phi) is 4.44. The third-order valence-electron chi connectivity index (χ3n) is 5.53. The second-order valence-electron chi connectivity index (χ2n) is 8.86. The van der Waals surface area contributed by atoms with Gasteiger partial charge in [-0.25, -0.2) is 9.97 Å². The third-order valence-corrected chi connectivity index (χ3v) is 6.52. The molecule has 0 saturated carbocycles. The average Bonchev–Trinajstić information content (AvgIpc) is 3.17. The van der Waals surface area contributed by atoms with Gasteiger partial charge in [0, 0.05) is 27.6 Å². The van der Waals surface area contributed by atoms with Crippen molar-refractivity contribution in [2.45, 2.75) is 33.1 Å². The first kappa shape index (κ1) is 19.0. The summed E-state index contributed by atoms with van der Waals surface area (Å²) in [4.78, 5) is 9.81. The average molecular weight is 409 g/mol. The molecule has 2 aromatic heterocycles. The second kappa shape index (κ2) is 7.03. The molecule has 0 radical (unpaired) electrons. The molecule has 3 heteroatoms. The van der Waals surface area contributed by atoms with Gasteiger partial charge in [-0.2, -0.15) is 0 Å². The van der Waals surface area contributed by atoms with Gasteiger partial charge in [-0.3, -0.25) is 0 Å².